The van der Waals surface area contributed by atoms with E-state index in [2.05, 4.69) is 42.5 Å². The molecule has 2 nitrogen and oxygen atoms in total. The summed E-state index contributed by atoms with van der Waals surface area (Å²) in [7, 11) is 0. The maximum absolute atomic E-state index is 5.32. The summed E-state index contributed by atoms with van der Waals surface area (Å²) in [6, 6.07) is 13.9. The van der Waals surface area contributed by atoms with E-state index in [0.717, 1.165) is 25.9 Å². The largest absolute Gasteiger partial charge is 0.332 e. The van der Waals surface area contributed by atoms with Crippen molar-refractivity contribution in [2.24, 2.45) is 0 Å². The first-order chi connectivity index (χ1) is 9.06. The number of nitrogens with one attached hydrogen (secondary N) is 2. The molecule has 0 bridgehead atoms. The van der Waals surface area contributed by atoms with Gasteiger partial charge in [0.1, 0.15) is 0 Å². The topological polar surface area (TPSA) is 24.1 Å². The van der Waals surface area contributed by atoms with E-state index in [1.165, 1.54) is 0 Å². The maximum Gasteiger partial charge on any atom is 0.175 e. The normalized spacial score (nSPS) is 10.1. The molecule has 0 saturated heterocycles. The fraction of sp³-hybridized carbons (Fsp3) is 0.0714. The number of anilines is 2. The van der Waals surface area contributed by atoms with Crippen molar-refractivity contribution in [3.05, 3.63) is 57.0 Å². The van der Waals surface area contributed by atoms with Gasteiger partial charge in [-0.25, -0.2) is 0 Å². The van der Waals surface area contributed by atoms with Gasteiger partial charge < -0.3 is 10.6 Å². The summed E-state index contributed by atoms with van der Waals surface area (Å²) in [6.07, 6.45) is 0. The number of rotatable bonds is 2. The van der Waals surface area contributed by atoms with Gasteiger partial charge in [0, 0.05) is 14.6 Å². The molecule has 0 fully saturated rings. The zero-order chi connectivity index (χ0) is 13.8. The van der Waals surface area contributed by atoms with Crippen LogP contribution >= 0.6 is 44.1 Å². The van der Waals surface area contributed by atoms with Gasteiger partial charge >= 0.3 is 0 Å². The molecular weight excluding hydrogens is 388 g/mol. The molecule has 2 aromatic rings. The van der Waals surface area contributed by atoms with Crippen molar-refractivity contribution in [3.8, 4) is 0 Å². The predicted octanol–water partition coefficient (Wildman–Crippen LogP) is 5.33. The maximum atomic E-state index is 5.32. The number of para-hydroxylation sites is 1. The molecule has 0 amide bonds. The Labute approximate surface area is 134 Å². The quantitative estimate of drug-likeness (QED) is 0.667. The number of thiocarbonyl (C=S) groups is 1. The van der Waals surface area contributed by atoms with Crippen molar-refractivity contribution in [3.63, 3.8) is 0 Å². The van der Waals surface area contributed by atoms with Crippen LogP contribution < -0.4 is 10.6 Å². The third-order valence-electron chi connectivity index (χ3n) is 2.52. The zero-order valence-electron chi connectivity index (χ0n) is 10.2. The Morgan fingerprint density at radius 1 is 1.05 bits per heavy atom. The molecule has 19 heavy (non-hydrogen) atoms. The Hall–Kier alpha value is -0.910. The second-order valence-electron chi connectivity index (χ2n) is 4.02. The van der Waals surface area contributed by atoms with E-state index in [9.17, 15) is 0 Å². The zero-order valence-corrected chi connectivity index (χ0v) is 14.2. The van der Waals surface area contributed by atoms with Gasteiger partial charge in [0.15, 0.2) is 5.11 Å². The van der Waals surface area contributed by atoms with Crippen LogP contribution in [0, 0.1) is 6.92 Å². The molecule has 0 aliphatic heterocycles. The Morgan fingerprint density at radius 2 is 1.74 bits per heavy atom. The molecule has 0 saturated carbocycles. The molecule has 2 aromatic carbocycles. The Balaban J connectivity index is 2.12. The monoisotopic (exact) mass is 398 g/mol. The summed E-state index contributed by atoms with van der Waals surface area (Å²) in [5.41, 5.74) is 3.04. The van der Waals surface area contributed by atoms with E-state index in [4.69, 9.17) is 12.2 Å². The highest BCUT2D eigenvalue weighted by Crippen LogP contribution is 2.30. The average Bonchev–Trinajstić information content (AvgIpc) is 2.35. The van der Waals surface area contributed by atoms with Crippen molar-refractivity contribution in [2.45, 2.75) is 6.92 Å². The third-order valence-corrected chi connectivity index (χ3v) is 3.81. The number of halogens is 2. The average molecular weight is 400 g/mol. The van der Waals surface area contributed by atoms with Gasteiger partial charge in [0.25, 0.3) is 0 Å². The number of hydrogen-bond acceptors (Lipinski definition) is 1. The molecule has 2 rings (SSSR count). The molecule has 5 heteroatoms. The summed E-state index contributed by atoms with van der Waals surface area (Å²) in [4.78, 5) is 0. The van der Waals surface area contributed by atoms with Crippen LogP contribution in [0.4, 0.5) is 11.4 Å². The lowest BCUT2D eigenvalue weighted by atomic mass is 10.2. The molecule has 0 heterocycles. The van der Waals surface area contributed by atoms with Crippen LogP contribution in [-0.4, -0.2) is 5.11 Å². The molecule has 0 aromatic heterocycles. The fourth-order valence-electron chi connectivity index (χ4n) is 1.66. The van der Waals surface area contributed by atoms with Crippen LogP contribution in [0.25, 0.3) is 0 Å². The minimum absolute atomic E-state index is 0.567. The highest BCUT2D eigenvalue weighted by atomic mass is 79.9. The summed E-state index contributed by atoms with van der Waals surface area (Å²) >= 11 is 12.3. The highest BCUT2D eigenvalue weighted by molar-refractivity contribution is 9.11. The van der Waals surface area contributed by atoms with Gasteiger partial charge in [-0.1, -0.05) is 34.1 Å². The van der Waals surface area contributed by atoms with Crippen LogP contribution in [-0.2, 0) is 0 Å². The SMILES string of the molecule is Cc1cc(Br)cc(Br)c1NC(=S)Nc1ccccc1. The van der Waals surface area contributed by atoms with Crippen molar-refractivity contribution in [1.82, 2.24) is 0 Å². The number of aryl methyl sites for hydroxylation is 1. The number of benzene rings is 2. The summed E-state index contributed by atoms with van der Waals surface area (Å²) in [5, 5.41) is 6.92. The molecule has 0 unspecified atom stereocenters. The lowest BCUT2D eigenvalue weighted by Gasteiger charge is -2.14. The molecule has 0 radical (unpaired) electrons. The molecule has 0 atom stereocenters. The minimum Gasteiger partial charge on any atom is -0.332 e. The minimum atomic E-state index is 0.567. The predicted molar refractivity (Wildman–Crippen MR) is 92.9 cm³/mol. The van der Waals surface area contributed by atoms with E-state index < -0.39 is 0 Å². The molecule has 0 aliphatic carbocycles. The van der Waals surface area contributed by atoms with Crippen LogP contribution in [0.1, 0.15) is 5.56 Å². The third kappa shape index (κ3) is 4.03. The highest BCUT2D eigenvalue weighted by Gasteiger charge is 2.07. The Kier molecular flexibility index (Phi) is 4.96. The van der Waals surface area contributed by atoms with Crippen molar-refractivity contribution < 1.29 is 0 Å². The van der Waals surface area contributed by atoms with Crippen molar-refractivity contribution in [2.75, 3.05) is 10.6 Å². The van der Waals surface area contributed by atoms with Crippen molar-refractivity contribution >= 4 is 60.6 Å². The summed E-state index contributed by atoms with van der Waals surface area (Å²) in [5.74, 6) is 0. The second kappa shape index (κ2) is 6.50. The number of hydrogen-bond donors (Lipinski definition) is 2. The van der Waals surface area contributed by atoms with E-state index in [-0.39, 0.29) is 0 Å². The first-order valence-corrected chi connectivity index (χ1v) is 7.64. The lowest BCUT2D eigenvalue weighted by molar-refractivity contribution is 1.41. The van der Waals surface area contributed by atoms with Crippen LogP contribution in [0.5, 0.6) is 0 Å². The molecule has 2 N–H and O–H groups in total. The van der Waals surface area contributed by atoms with E-state index >= 15 is 0 Å². The standard InChI is InChI=1S/C14H12Br2N2S/c1-9-7-10(15)8-12(16)13(9)18-14(19)17-11-5-3-2-4-6-11/h2-8H,1H3,(H2,17,18,19). The molecule has 0 aliphatic rings. The first-order valence-electron chi connectivity index (χ1n) is 5.65. The lowest BCUT2D eigenvalue weighted by Crippen LogP contribution is -2.19. The van der Waals surface area contributed by atoms with Crippen LogP contribution in [0.2, 0.25) is 0 Å². The molecule has 98 valence electrons. The summed E-state index contributed by atoms with van der Waals surface area (Å²) < 4.78 is 2.00. The van der Waals surface area contributed by atoms with E-state index in [1.54, 1.807) is 0 Å². The Morgan fingerprint density at radius 3 is 2.37 bits per heavy atom. The first kappa shape index (κ1) is 14.5. The smallest absolute Gasteiger partial charge is 0.175 e. The molecule has 0 spiro atoms. The second-order valence-corrected chi connectivity index (χ2v) is 6.20. The van der Waals surface area contributed by atoms with Crippen LogP contribution in [0.3, 0.4) is 0 Å². The van der Waals surface area contributed by atoms with Crippen molar-refractivity contribution in [1.29, 1.82) is 0 Å². The summed E-state index contributed by atoms with van der Waals surface area (Å²) in [6.45, 7) is 2.03. The van der Waals surface area contributed by atoms with E-state index in [1.807, 2.05) is 49.4 Å². The van der Waals surface area contributed by atoms with Gasteiger partial charge in [-0.2, -0.15) is 0 Å². The Bertz CT molecular complexity index is 577. The van der Waals surface area contributed by atoms with Gasteiger partial charge in [0.2, 0.25) is 0 Å². The van der Waals surface area contributed by atoms with Gasteiger partial charge in [-0.05, 0) is 64.9 Å². The van der Waals surface area contributed by atoms with Gasteiger partial charge in [-0.15, -0.1) is 0 Å². The molecular formula is C14H12Br2N2S. The van der Waals surface area contributed by atoms with Crippen LogP contribution in [0.15, 0.2) is 51.4 Å². The van der Waals surface area contributed by atoms with E-state index in [0.29, 0.717) is 5.11 Å². The van der Waals surface area contributed by atoms with Gasteiger partial charge in [-0.3, -0.25) is 0 Å². The van der Waals surface area contributed by atoms with Gasteiger partial charge in [0.05, 0.1) is 5.69 Å². The fourth-order valence-corrected chi connectivity index (χ4v) is 3.42.